The Labute approximate surface area is 544 Å². The molecular weight excluding hydrogens is 1140 g/mol. The van der Waals surface area contributed by atoms with Gasteiger partial charge in [-0.25, -0.2) is 36.0 Å². The third-order valence-electron chi connectivity index (χ3n) is 14.0. The van der Waals surface area contributed by atoms with Crippen LogP contribution in [0.5, 0.6) is 0 Å². The second-order valence-corrected chi connectivity index (χ2v) is 24.3. The fourth-order valence-corrected chi connectivity index (χ4v) is 9.93. The number of carbonyl (C=O) groups is 4. The van der Waals surface area contributed by atoms with Crippen LogP contribution in [0.4, 0.5) is 0 Å². The molecule has 0 radical (unpaired) electrons. The summed E-state index contributed by atoms with van der Waals surface area (Å²) in [6.07, 6.45) is 56.6. The van der Waals surface area contributed by atoms with Gasteiger partial charge in [0, 0.05) is 0 Å². The fraction of sp³-hybridized carbons (Fsp3) is 0.647. The topological polar surface area (TPSA) is 220 Å². The summed E-state index contributed by atoms with van der Waals surface area (Å²) in [5.74, 6) is -3.24. The summed E-state index contributed by atoms with van der Waals surface area (Å²) in [7, 11) is -9.63. The predicted octanol–water partition coefficient (Wildman–Crippen LogP) is 17.8. The van der Waals surface area contributed by atoms with Gasteiger partial charge in [0.05, 0.1) is 58.5 Å². The Morgan fingerprint density at radius 1 is 0.318 bits per heavy atom. The van der Waals surface area contributed by atoms with Crippen molar-refractivity contribution in [3.8, 4) is 0 Å². The maximum absolute atomic E-state index is 12.8. The quantitative estimate of drug-likeness (QED) is 0.0150. The third kappa shape index (κ3) is 43.6. The molecule has 0 heterocycles. The summed E-state index contributed by atoms with van der Waals surface area (Å²) in [4.78, 5) is 49.7. The van der Waals surface area contributed by atoms with Crippen molar-refractivity contribution in [2.24, 2.45) is 0 Å². The Bertz CT molecular complexity index is 2260. The first kappa shape index (κ1) is 81.4. The minimum absolute atomic E-state index is 0. The van der Waals surface area contributed by atoms with E-state index in [9.17, 15) is 45.1 Å². The molecule has 2 rings (SSSR count). The van der Waals surface area contributed by atoms with Crippen LogP contribution < -0.4 is 0 Å². The Morgan fingerprint density at radius 2 is 0.518 bits per heavy atom. The zero-order chi connectivity index (χ0) is 61.8. The van der Waals surface area contributed by atoms with E-state index in [1.54, 1.807) is 0 Å². The van der Waals surface area contributed by atoms with E-state index in [0.717, 1.165) is 87.8 Å². The number of hydrogen-bond acceptors (Lipinski definition) is 14. The van der Waals surface area contributed by atoms with Crippen molar-refractivity contribution in [1.29, 1.82) is 0 Å². The monoisotopic (exact) mass is 1250 g/mol. The summed E-state index contributed by atoms with van der Waals surface area (Å²) in [5.41, 5.74) is -0.807. The average Bonchev–Trinajstić information content (AvgIpc) is 3.68. The van der Waals surface area contributed by atoms with E-state index in [2.05, 4.69) is 76.3 Å². The minimum atomic E-state index is -4.82. The molecule has 0 aliphatic rings. The van der Waals surface area contributed by atoms with Gasteiger partial charge in [-0.2, -0.15) is 0 Å². The van der Waals surface area contributed by atoms with Crippen molar-refractivity contribution in [3.63, 3.8) is 0 Å². The zero-order valence-corrected chi connectivity index (χ0v) is 56.4. The standard InChI is InChI=1S/2C34H54O7S.Ca/c2*1-3-5-7-9-11-13-15-17-19-21-23-27-40-33(35)31-26-25-30(42(37,38)39)29-32(31)34(36)41-28-24-22-20-18-16-14-12-10-8-6-4-2;/h2*17-20,25-26,29H,3-16,21-24,27-28H2,1-2H3,(H,37,38,39);/q;;+2/p-2/b2*19-17+,20-18+;. The molecule has 476 valence electrons. The van der Waals surface area contributed by atoms with Crippen LogP contribution in [0.2, 0.25) is 0 Å². The molecule has 0 unspecified atom stereocenters. The Morgan fingerprint density at radius 3 is 0.741 bits per heavy atom. The normalized spacial score (nSPS) is 11.7. The number of rotatable bonds is 50. The third-order valence-corrected chi connectivity index (χ3v) is 15.7. The molecule has 0 saturated heterocycles. The van der Waals surface area contributed by atoms with Crippen LogP contribution in [-0.4, -0.2) is 114 Å². The molecule has 14 nitrogen and oxygen atoms in total. The molecule has 2 aromatic carbocycles. The number of esters is 4. The first-order valence-corrected chi connectivity index (χ1v) is 34.9. The van der Waals surface area contributed by atoms with Crippen LogP contribution >= 0.6 is 0 Å². The van der Waals surface area contributed by atoms with Crippen LogP contribution in [0, 0.1) is 0 Å². The van der Waals surface area contributed by atoms with Crippen molar-refractivity contribution in [2.75, 3.05) is 26.4 Å². The Kier molecular flexibility index (Phi) is 52.2. The molecule has 0 N–H and O–H groups in total. The van der Waals surface area contributed by atoms with E-state index in [1.807, 2.05) is 0 Å². The van der Waals surface area contributed by atoms with E-state index in [4.69, 9.17) is 18.9 Å². The summed E-state index contributed by atoms with van der Waals surface area (Å²) >= 11 is 0. The fourth-order valence-electron chi connectivity index (χ4n) is 8.94. The zero-order valence-electron chi connectivity index (χ0n) is 52.6. The van der Waals surface area contributed by atoms with Gasteiger partial charge >= 0.3 is 61.6 Å². The molecular formula is C68H106CaO14S2. The second kappa shape index (κ2) is 54.5. The van der Waals surface area contributed by atoms with Gasteiger partial charge in [-0.05, 0) is 139 Å². The Balaban J connectivity index is 0.00000164. The van der Waals surface area contributed by atoms with Crippen LogP contribution in [0.15, 0.2) is 94.8 Å². The first-order valence-electron chi connectivity index (χ1n) is 32.1. The van der Waals surface area contributed by atoms with Gasteiger partial charge in [0.1, 0.15) is 20.2 Å². The van der Waals surface area contributed by atoms with E-state index >= 15 is 0 Å². The van der Waals surface area contributed by atoms with Gasteiger partial charge in [0.15, 0.2) is 0 Å². The van der Waals surface area contributed by atoms with Gasteiger partial charge in [0.25, 0.3) is 0 Å². The number of hydrogen-bond donors (Lipinski definition) is 0. The number of unbranched alkanes of at least 4 members (excludes halogenated alkanes) is 28. The second-order valence-electron chi connectivity index (χ2n) is 21.5. The van der Waals surface area contributed by atoms with Gasteiger partial charge in [0.2, 0.25) is 0 Å². The summed E-state index contributed by atoms with van der Waals surface area (Å²) in [5, 5.41) is 0. The predicted molar refractivity (Wildman–Crippen MR) is 341 cm³/mol. The van der Waals surface area contributed by atoms with Crippen LogP contribution in [0.25, 0.3) is 0 Å². The van der Waals surface area contributed by atoms with E-state index in [-0.39, 0.29) is 86.4 Å². The van der Waals surface area contributed by atoms with Crippen LogP contribution in [0.1, 0.15) is 300 Å². The number of carbonyl (C=O) groups excluding carboxylic acids is 4. The average molecular weight is 1250 g/mol. The van der Waals surface area contributed by atoms with E-state index < -0.39 is 53.9 Å². The van der Waals surface area contributed by atoms with Crippen molar-refractivity contribution in [3.05, 3.63) is 107 Å². The van der Waals surface area contributed by atoms with E-state index in [1.165, 1.54) is 154 Å². The summed E-state index contributed by atoms with van der Waals surface area (Å²) < 4.78 is 90.4. The maximum Gasteiger partial charge on any atom is 2.00 e. The largest absolute Gasteiger partial charge is 2.00 e. The molecule has 0 spiro atoms. The van der Waals surface area contributed by atoms with Crippen molar-refractivity contribution >= 4 is 81.9 Å². The molecule has 0 amide bonds. The van der Waals surface area contributed by atoms with Crippen LogP contribution in [0.3, 0.4) is 0 Å². The minimum Gasteiger partial charge on any atom is -0.744 e. The number of benzene rings is 2. The molecule has 0 aliphatic carbocycles. The molecule has 2 aromatic rings. The van der Waals surface area contributed by atoms with Gasteiger partial charge in [-0.15, -0.1) is 0 Å². The van der Waals surface area contributed by atoms with Gasteiger partial charge in [-0.1, -0.05) is 205 Å². The molecule has 0 atom stereocenters. The van der Waals surface area contributed by atoms with Gasteiger partial charge < -0.3 is 28.1 Å². The molecule has 0 bridgehead atoms. The van der Waals surface area contributed by atoms with Crippen molar-refractivity contribution in [2.45, 2.75) is 269 Å². The molecule has 0 aliphatic heterocycles. The Hall–Kier alpha value is -3.64. The van der Waals surface area contributed by atoms with Crippen molar-refractivity contribution in [1.82, 2.24) is 0 Å². The molecule has 0 aromatic heterocycles. The SMILES string of the molecule is CCCCCCCC/C=C/CCCOC(=O)c1ccc(S(=O)(=O)[O-])cc1C(=O)OCCC/C=C/CCCCCCCC.CCCCCCCC/C=C/CCCOC(=O)c1ccc(S(=O)(=O)[O-])cc1C(=O)OCCC/C=C/CCCCCCCC.[Ca+2]. The number of allylic oxidation sites excluding steroid dienone is 8. The smallest absolute Gasteiger partial charge is 0.744 e. The summed E-state index contributed by atoms with van der Waals surface area (Å²) in [6.45, 7) is 9.36. The van der Waals surface area contributed by atoms with E-state index in [0.29, 0.717) is 25.7 Å². The number of ether oxygens (including phenoxy) is 4. The summed E-state index contributed by atoms with van der Waals surface area (Å²) in [6, 6.07) is 6.08. The molecule has 0 saturated carbocycles. The van der Waals surface area contributed by atoms with Crippen molar-refractivity contribution < 1.29 is 64.1 Å². The van der Waals surface area contributed by atoms with Crippen LogP contribution in [-0.2, 0) is 39.2 Å². The molecule has 17 heteroatoms. The molecule has 85 heavy (non-hydrogen) atoms. The van der Waals surface area contributed by atoms with Gasteiger partial charge in [-0.3, -0.25) is 0 Å². The first-order chi connectivity index (χ1) is 40.6. The maximum atomic E-state index is 12.8. The molecule has 0 fully saturated rings.